The van der Waals surface area contributed by atoms with Gasteiger partial charge in [0.25, 0.3) is 0 Å². The number of quaternary nitrogens is 1. The van der Waals surface area contributed by atoms with E-state index in [1.165, 1.54) is 167 Å². The lowest BCUT2D eigenvalue weighted by Gasteiger charge is -2.26. The highest BCUT2D eigenvalue weighted by Gasteiger charge is 2.28. The molecule has 0 aromatic rings. The number of carbonyl (C=O) groups is 1. The molecule has 0 radical (unpaired) electrons. The number of likely N-dealkylation sites (N-methyl/N-ethyl adjacent to an activating group) is 1. The molecule has 1 amide bonds. The number of allylic oxidation sites excluding steroid dienone is 6. The normalized spacial score (nSPS) is 14.3. The van der Waals surface area contributed by atoms with Crippen LogP contribution in [0.15, 0.2) is 36.5 Å². The Labute approximate surface area is 397 Å². The molecule has 3 unspecified atom stereocenters. The molecule has 0 rings (SSSR count). The highest BCUT2D eigenvalue weighted by Crippen LogP contribution is 2.43. The Balaban J connectivity index is 4.07. The fourth-order valence-electron chi connectivity index (χ4n) is 8.12. The fraction of sp³-hybridized carbons (Fsp3) is 0.873. The fourth-order valence-corrected chi connectivity index (χ4v) is 8.86. The summed E-state index contributed by atoms with van der Waals surface area (Å²) in [6, 6.07) is -0.776. The van der Waals surface area contributed by atoms with Gasteiger partial charge in [0, 0.05) is 6.42 Å². The number of unbranched alkanes of at least 4 members (excludes halogenated alkanes) is 31. The van der Waals surface area contributed by atoms with Crippen molar-refractivity contribution in [2.24, 2.45) is 0 Å². The minimum Gasteiger partial charge on any atom is -0.391 e. The van der Waals surface area contributed by atoms with Gasteiger partial charge in [-0.05, 0) is 44.9 Å². The lowest BCUT2D eigenvalue weighted by molar-refractivity contribution is -0.870. The molecule has 0 bridgehead atoms. The Morgan fingerprint density at radius 2 is 0.938 bits per heavy atom. The van der Waals surface area contributed by atoms with Gasteiger partial charge in [-0.3, -0.25) is 13.8 Å². The summed E-state index contributed by atoms with van der Waals surface area (Å²) in [5, 5.41) is 14.0. The van der Waals surface area contributed by atoms with Crippen molar-refractivity contribution in [2.75, 3.05) is 40.9 Å². The number of amides is 1. The topological polar surface area (TPSA) is 105 Å². The molecule has 64 heavy (non-hydrogen) atoms. The van der Waals surface area contributed by atoms with Gasteiger partial charge >= 0.3 is 7.82 Å². The molecule has 0 saturated carbocycles. The average molecular weight is 924 g/mol. The van der Waals surface area contributed by atoms with E-state index in [-0.39, 0.29) is 19.1 Å². The van der Waals surface area contributed by atoms with E-state index in [9.17, 15) is 19.4 Å². The standard InChI is InChI=1S/C55H107N2O6P/c1-6-8-10-12-14-16-18-20-21-22-23-24-25-26-27-28-29-30-31-32-33-34-35-37-38-40-42-44-46-48-54(58)53(52-63-64(60,61)62-51-50-57(3,4)5)56-55(59)49-47-45-43-41-39-36-19-17-15-13-11-9-7-2/h9,11,15,17,36,39,53-54,58H,6-8,10,12-14,16,18-35,37-38,40-52H2,1-5H3,(H-,56,59,60,61)/p+1/b11-9-,17-15-,39-36-. The van der Waals surface area contributed by atoms with E-state index in [1.54, 1.807) is 0 Å². The first-order valence-corrected chi connectivity index (χ1v) is 28.8. The van der Waals surface area contributed by atoms with Crippen molar-refractivity contribution in [2.45, 2.75) is 270 Å². The molecule has 8 nitrogen and oxygen atoms in total. The number of rotatable bonds is 50. The lowest BCUT2D eigenvalue weighted by Crippen LogP contribution is -2.46. The number of aliphatic hydroxyl groups is 1. The third-order valence-corrected chi connectivity index (χ3v) is 13.4. The Morgan fingerprint density at radius 1 is 0.547 bits per heavy atom. The zero-order chi connectivity index (χ0) is 47.1. The molecule has 9 heteroatoms. The van der Waals surface area contributed by atoms with Crippen LogP contribution in [0.2, 0.25) is 0 Å². The molecule has 3 N–H and O–H groups in total. The SMILES string of the molecule is CC/C=C\C/C=C\C/C=C\CCCCCC(=O)NC(COP(=O)(O)OCC[N+](C)(C)C)C(O)CCCCCCCCCCCCCCCCCCCCCCCCCCCCCCC. The van der Waals surface area contributed by atoms with Crippen molar-refractivity contribution in [1.29, 1.82) is 0 Å². The predicted octanol–water partition coefficient (Wildman–Crippen LogP) is 16.2. The molecule has 0 aromatic heterocycles. The molecule has 0 heterocycles. The van der Waals surface area contributed by atoms with Gasteiger partial charge in [0.15, 0.2) is 0 Å². The summed E-state index contributed by atoms with van der Waals surface area (Å²) in [5.41, 5.74) is 0. The number of phosphoric acid groups is 1. The van der Waals surface area contributed by atoms with Crippen LogP contribution >= 0.6 is 7.82 Å². The van der Waals surface area contributed by atoms with Crippen LogP contribution in [0.4, 0.5) is 0 Å². The van der Waals surface area contributed by atoms with Gasteiger partial charge in [0.2, 0.25) is 5.91 Å². The molecular formula is C55H108N2O6P+. The average Bonchev–Trinajstić information content (AvgIpc) is 3.25. The molecule has 0 spiro atoms. The molecule has 378 valence electrons. The zero-order valence-electron chi connectivity index (χ0n) is 43.0. The second kappa shape index (κ2) is 46.8. The Morgan fingerprint density at radius 3 is 1.36 bits per heavy atom. The van der Waals surface area contributed by atoms with Gasteiger partial charge in [0.05, 0.1) is 39.9 Å². The maximum atomic E-state index is 12.9. The van der Waals surface area contributed by atoms with Gasteiger partial charge in [-0.25, -0.2) is 4.57 Å². The Bertz CT molecular complexity index is 1140. The summed E-state index contributed by atoms with van der Waals surface area (Å²) in [7, 11) is 1.60. The van der Waals surface area contributed by atoms with E-state index in [0.29, 0.717) is 23.9 Å². The number of aliphatic hydroxyl groups excluding tert-OH is 1. The minimum atomic E-state index is -4.33. The van der Waals surface area contributed by atoms with Crippen LogP contribution in [-0.2, 0) is 18.4 Å². The number of nitrogens with one attached hydrogen (secondary N) is 1. The van der Waals surface area contributed by atoms with E-state index < -0.39 is 20.0 Å². The van der Waals surface area contributed by atoms with Crippen LogP contribution in [0.1, 0.15) is 258 Å². The Kier molecular flexibility index (Phi) is 45.9. The van der Waals surface area contributed by atoms with Crippen LogP contribution in [0, 0.1) is 0 Å². The largest absolute Gasteiger partial charge is 0.472 e. The summed E-state index contributed by atoms with van der Waals surface area (Å²) in [6.45, 7) is 4.77. The highest BCUT2D eigenvalue weighted by atomic mass is 31.2. The summed E-state index contributed by atoms with van der Waals surface area (Å²) < 4.78 is 23.7. The highest BCUT2D eigenvalue weighted by molar-refractivity contribution is 7.47. The second-order valence-electron chi connectivity index (χ2n) is 19.9. The zero-order valence-corrected chi connectivity index (χ0v) is 43.9. The van der Waals surface area contributed by atoms with Crippen molar-refractivity contribution in [3.8, 4) is 0 Å². The van der Waals surface area contributed by atoms with Crippen LogP contribution in [-0.4, -0.2) is 73.4 Å². The second-order valence-corrected chi connectivity index (χ2v) is 21.4. The van der Waals surface area contributed by atoms with Crippen LogP contribution in [0.5, 0.6) is 0 Å². The first kappa shape index (κ1) is 62.7. The van der Waals surface area contributed by atoms with E-state index >= 15 is 0 Å². The monoisotopic (exact) mass is 924 g/mol. The molecule has 0 aliphatic carbocycles. The molecule has 0 fully saturated rings. The molecular weight excluding hydrogens is 816 g/mol. The molecule has 0 aliphatic heterocycles. The van der Waals surface area contributed by atoms with E-state index in [2.05, 4.69) is 55.6 Å². The van der Waals surface area contributed by atoms with Gasteiger partial charge in [-0.1, -0.05) is 243 Å². The Hall–Kier alpha value is -1.28. The van der Waals surface area contributed by atoms with Crippen molar-refractivity contribution < 1.29 is 32.9 Å². The third-order valence-electron chi connectivity index (χ3n) is 12.4. The summed E-state index contributed by atoms with van der Waals surface area (Å²) >= 11 is 0. The summed E-state index contributed by atoms with van der Waals surface area (Å²) in [4.78, 5) is 23.2. The van der Waals surface area contributed by atoms with E-state index in [1.807, 2.05) is 21.1 Å². The van der Waals surface area contributed by atoms with Crippen molar-refractivity contribution in [3.63, 3.8) is 0 Å². The van der Waals surface area contributed by atoms with Crippen LogP contribution in [0.3, 0.4) is 0 Å². The predicted molar refractivity (Wildman–Crippen MR) is 277 cm³/mol. The van der Waals surface area contributed by atoms with Gasteiger partial charge in [0.1, 0.15) is 13.2 Å². The first-order chi connectivity index (χ1) is 31.0. The van der Waals surface area contributed by atoms with E-state index in [0.717, 1.165) is 64.2 Å². The molecule has 0 saturated heterocycles. The van der Waals surface area contributed by atoms with E-state index in [4.69, 9.17) is 9.05 Å². The molecule has 3 atom stereocenters. The number of carbonyl (C=O) groups excluding carboxylic acids is 1. The number of phosphoric ester groups is 1. The van der Waals surface area contributed by atoms with Crippen molar-refractivity contribution in [3.05, 3.63) is 36.5 Å². The van der Waals surface area contributed by atoms with Crippen molar-refractivity contribution in [1.82, 2.24) is 5.32 Å². The van der Waals surface area contributed by atoms with Gasteiger partial charge < -0.3 is 19.8 Å². The molecule has 0 aromatic carbocycles. The first-order valence-electron chi connectivity index (χ1n) is 27.4. The maximum Gasteiger partial charge on any atom is 0.472 e. The quantitative estimate of drug-likeness (QED) is 0.0243. The lowest BCUT2D eigenvalue weighted by atomic mass is 10.0. The summed E-state index contributed by atoms with van der Waals surface area (Å²) in [5.74, 6) is -0.172. The van der Waals surface area contributed by atoms with Crippen LogP contribution in [0.25, 0.3) is 0 Å². The minimum absolute atomic E-state index is 0.0685. The number of hydrogen-bond acceptors (Lipinski definition) is 5. The smallest absolute Gasteiger partial charge is 0.391 e. The summed E-state index contributed by atoms with van der Waals surface area (Å²) in [6.07, 6.45) is 59.3. The molecule has 0 aliphatic rings. The maximum absolute atomic E-state index is 12.9. The van der Waals surface area contributed by atoms with Gasteiger partial charge in [-0.2, -0.15) is 0 Å². The van der Waals surface area contributed by atoms with Crippen LogP contribution < -0.4 is 5.32 Å². The number of hydrogen-bond donors (Lipinski definition) is 3. The van der Waals surface area contributed by atoms with Gasteiger partial charge in [-0.15, -0.1) is 0 Å². The van der Waals surface area contributed by atoms with Crippen molar-refractivity contribution >= 4 is 13.7 Å². The number of nitrogens with zero attached hydrogens (tertiary/aromatic N) is 1. The third kappa shape index (κ3) is 48.6.